The molecular formula is C13H21N3O2S. The first-order valence-electron chi connectivity index (χ1n) is 6.94. The van der Waals surface area contributed by atoms with Gasteiger partial charge in [-0.25, -0.2) is 13.4 Å². The number of nitrogens with one attached hydrogen (secondary N) is 1. The quantitative estimate of drug-likeness (QED) is 0.875. The van der Waals surface area contributed by atoms with Gasteiger partial charge in [0.1, 0.15) is 9.84 Å². The summed E-state index contributed by atoms with van der Waals surface area (Å²) in [6.45, 7) is 4.28. The van der Waals surface area contributed by atoms with Crippen molar-refractivity contribution >= 4 is 9.84 Å². The van der Waals surface area contributed by atoms with Crippen LogP contribution in [-0.4, -0.2) is 42.6 Å². The van der Waals surface area contributed by atoms with Crippen molar-refractivity contribution in [3.05, 3.63) is 18.2 Å². The Kier molecular flexibility index (Phi) is 3.17. The van der Waals surface area contributed by atoms with E-state index in [0.717, 1.165) is 32.4 Å². The minimum Gasteiger partial charge on any atom is -0.331 e. The van der Waals surface area contributed by atoms with Crippen LogP contribution in [0.1, 0.15) is 37.9 Å². The summed E-state index contributed by atoms with van der Waals surface area (Å²) in [5, 5.41) is 3.41. The summed E-state index contributed by atoms with van der Waals surface area (Å²) in [7, 11) is -2.80. The van der Waals surface area contributed by atoms with Crippen molar-refractivity contribution in [1.82, 2.24) is 14.9 Å². The molecule has 3 heterocycles. The Labute approximate surface area is 114 Å². The second-order valence-electron chi connectivity index (χ2n) is 6.06. The van der Waals surface area contributed by atoms with E-state index in [-0.39, 0.29) is 5.41 Å². The van der Waals surface area contributed by atoms with Gasteiger partial charge in [0.05, 0.1) is 17.8 Å². The summed E-state index contributed by atoms with van der Waals surface area (Å²) in [6, 6.07) is 0.290. The zero-order valence-electron chi connectivity index (χ0n) is 11.3. The summed E-state index contributed by atoms with van der Waals surface area (Å²) in [5.74, 6) is 0.620. The van der Waals surface area contributed by atoms with E-state index in [0.29, 0.717) is 17.5 Å². The van der Waals surface area contributed by atoms with Crippen LogP contribution in [0.15, 0.2) is 12.5 Å². The van der Waals surface area contributed by atoms with Crippen molar-refractivity contribution in [2.45, 2.75) is 37.6 Å². The first kappa shape index (κ1) is 13.1. The first-order valence-corrected chi connectivity index (χ1v) is 8.76. The lowest BCUT2D eigenvalue weighted by molar-refractivity contribution is 0.396. The fraction of sp³-hybridized carbons (Fsp3) is 0.769. The van der Waals surface area contributed by atoms with E-state index in [1.165, 1.54) is 5.69 Å². The highest BCUT2D eigenvalue weighted by Gasteiger charge is 2.35. The number of hydrogen-bond donors (Lipinski definition) is 1. The predicted molar refractivity (Wildman–Crippen MR) is 74.0 cm³/mol. The van der Waals surface area contributed by atoms with Crippen molar-refractivity contribution in [3.63, 3.8) is 0 Å². The molecule has 0 aliphatic carbocycles. The van der Waals surface area contributed by atoms with Gasteiger partial charge in [-0.3, -0.25) is 0 Å². The van der Waals surface area contributed by atoms with Crippen molar-refractivity contribution in [3.8, 4) is 0 Å². The summed E-state index contributed by atoms with van der Waals surface area (Å²) >= 11 is 0. The molecule has 0 spiro atoms. The lowest BCUT2D eigenvalue weighted by atomic mass is 9.86. The summed E-state index contributed by atoms with van der Waals surface area (Å²) in [4.78, 5) is 4.31. The highest BCUT2D eigenvalue weighted by atomic mass is 32.2. The Morgan fingerprint density at radius 2 is 2.16 bits per heavy atom. The number of sulfone groups is 1. The van der Waals surface area contributed by atoms with Gasteiger partial charge in [-0.15, -0.1) is 0 Å². The van der Waals surface area contributed by atoms with Crippen molar-refractivity contribution in [2.24, 2.45) is 0 Å². The molecule has 0 amide bonds. The van der Waals surface area contributed by atoms with E-state index in [1.54, 1.807) is 0 Å². The van der Waals surface area contributed by atoms with Crippen LogP contribution in [0.5, 0.6) is 0 Å². The fourth-order valence-electron chi connectivity index (χ4n) is 3.25. The third kappa shape index (κ3) is 2.43. The van der Waals surface area contributed by atoms with Crippen LogP contribution in [0.3, 0.4) is 0 Å². The third-order valence-electron chi connectivity index (χ3n) is 4.57. The smallest absolute Gasteiger partial charge is 0.150 e. The molecule has 3 rings (SSSR count). The normalized spacial score (nSPS) is 31.6. The molecule has 106 valence electrons. The summed E-state index contributed by atoms with van der Waals surface area (Å²) in [5.41, 5.74) is 1.38. The molecule has 1 aromatic rings. The van der Waals surface area contributed by atoms with E-state index in [9.17, 15) is 8.42 Å². The number of aromatic nitrogens is 2. The maximum absolute atomic E-state index is 11.5. The Morgan fingerprint density at radius 3 is 2.79 bits per heavy atom. The highest BCUT2D eigenvalue weighted by Crippen LogP contribution is 2.34. The minimum absolute atomic E-state index is 0.132. The Hall–Kier alpha value is -0.880. The van der Waals surface area contributed by atoms with Crippen LogP contribution < -0.4 is 5.32 Å². The molecular weight excluding hydrogens is 262 g/mol. The summed E-state index contributed by atoms with van der Waals surface area (Å²) in [6.07, 6.45) is 6.38. The molecule has 5 nitrogen and oxygen atoms in total. The summed E-state index contributed by atoms with van der Waals surface area (Å²) < 4.78 is 25.3. The molecule has 2 fully saturated rings. The molecule has 2 saturated heterocycles. The van der Waals surface area contributed by atoms with Crippen LogP contribution in [0.25, 0.3) is 0 Å². The van der Waals surface area contributed by atoms with Crippen LogP contribution >= 0.6 is 0 Å². The molecule has 2 aliphatic rings. The maximum atomic E-state index is 11.5. The molecule has 6 heteroatoms. The van der Waals surface area contributed by atoms with Gasteiger partial charge in [0.15, 0.2) is 0 Å². The molecule has 2 aliphatic heterocycles. The molecule has 1 atom stereocenters. The molecule has 1 N–H and O–H groups in total. The lowest BCUT2D eigenvalue weighted by Gasteiger charge is -2.30. The van der Waals surface area contributed by atoms with Gasteiger partial charge in [-0.1, -0.05) is 6.92 Å². The van der Waals surface area contributed by atoms with E-state index in [4.69, 9.17) is 0 Å². The minimum atomic E-state index is -2.80. The number of nitrogens with zero attached hydrogens (tertiary/aromatic N) is 2. The second kappa shape index (κ2) is 4.59. The van der Waals surface area contributed by atoms with Gasteiger partial charge in [0.25, 0.3) is 0 Å². The van der Waals surface area contributed by atoms with Crippen LogP contribution in [0.4, 0.5) is 0 Å². The molecule has 19 heavy (non-hydrogen) atoms. The van der Waals surface area contributed by atoms with Gasteiger partial charge < -0.3 is 9.88 Å². The number of rotatable bonds is 2. The highest BCUT2D eigenvalue weighted by molar-refractivity contribution is 7.91. The molecule has 0 aromatic carbocycles. The van der Waals surface area contributed by atoms with Gasteiger partial charge in [-0.2, -0.15) is 0 Å². The van der Waals surface area contributed by atoms with Gasteiger partial charge in [0.2, 0.25) is 0 Å². The van der Waals surface area contributed by atoms with Crippen LogP contribution in [0.2, 0.25) is 0 Å². The van der Waals surface area contributed by atoms with Gasteiger partial charge in [-0.05, 0) is 25.8 Å². The average molecular weight is 283 g/mol. The van der Waals surface area contributed by atoms with Crippen LogP contribution in [-0.2, 0) is 15.3 Å². The van der Waals surface area contributed by atoms with Gasteiger partial charge >= 0.3 is 0 Å². The maximum Gasteiger partial charge on any atom is 0.150 e. The van der Waals surface area contributed by atoms with E-state index in [1.807, 2.05) is 12.5 Å². The lowest BCUT2D eigenvalue weighted by Crippen LogP contribution is -2.32. The van der Waals surface area contributed by atoms with Gasteiger partial charge in [0, 0.05) is 29.9 Å². The first-order chi connectivity index (χ1) is 9.00. The number of imidazole rings is 1. The molecule has 0 saturated carbocycles. The Morgan fingerprint density at radius 1 is 1.42 bits per heavy atom. The fourth-order valence-corrected chi connectivity index (χ4v) is 4.72. The van der Waals surface area contributed by atoms with E-state index in [2.05, 4.69) is 21.8 Å². The largest absolute Gasteiger partial charge is 0.331 e. The number of hydrogen-bond acceptors (Lipinski definition) is 4. The Bertz CT molecular complexity index is 544. The predicted octanol–water partition coefficient (Wildman–Crippen LogP) is 0.884. The molecule has 0 radical (unpaired) electrons. The second-order valence-corrected chi connectivity index (χ2v) is 8.36. The zero-order chi connectivity index (χ0) is 13.5. The van der Waals surface area contributed by atoms with Crippen LogP contribution in [0, 0.1) is 0 Å². The van der Waals surface area contributed by atoms with Crippen molar-refractivity contribution < 1.29 is 8.42 Å². The SMILES string of the molecule is CC1(c2cncn2C2CCS(=O)(=O)CC2)CCNC1. The zero-order valence-corrected chi connectivity index (χ0v) is 12.1. The molecule has 1 aromatic heterocycles. The third-order valence-corrected chi connectivity index (χ3v) is 6.29. The average Bonchev–Trinajstić information content (AvgIpc) is 2.98. The molecule has 1 unspecified atom stereocenters. The standard InChI is InChI=1S/C13H21N3O2S/c1-13(4-5-14-9-13)12-8-15-10-16(12)11-2-6-19(17,18)7-3-11/h8,10-11,14H,2-7,9H2,1H3. The van der Waals surface area contributed by atoms with E-state index >= 15 is 0 Å². The Balaban J connectivity index is 1.85. The monoisotopic (exact) mass is 283 g/mol. The topological polar surface area (TPSA) is 64.0 Å². The van der Waals surface area contributed by atoms with E-state index < -0.39 is 9.84 Å². The van der Waals surface area contributed by atoms with Crippen molar-refractivity contribution in [1.29, 1.82) is 0 Å². The molecule has 0 bridgehead atoms. The van der Waals surface area contributed by atoms with Crippen molar-refractivity contribution in [2.75, 3.05) is 24.6 Å².